The van der Waals surface area contributed by atoms with Crippen LogP contribution < -0.4 is 5.01 Å². The van der Waals surface area contributed by atoms with Gasteiger partial charge in [-0.05, 0) is 31.2 Å². The number of amides is 1. The van der Waals surface area contributed by atoms with Gasteiger partial charge < -0.3 is 9.52 Å². The van der Waals surface area contributed by atoms with E-state index < -0.39 is 46.6 Å². The Hall–Kier alpha value is -4.28. The average Bonchev–Trinajstić information content (AvgIpc) is 3.37. The maximum Gasteiger partial charge on any atom is 0.336 e. The molecule has 0 bridgehead atoms. The van der Waals surface area contributed by atoms with Gasteiger partial charge in [0.2, 0.25) is 5.82 Å². The Kier molecular flexibility index (Phi) is 5.32. The number of hydrazone groups is 1. The summed E-state index contributed by atoms with van der Waals surface area (Å²) in [6.07, 6.45) is 1.15. The lowest BCUT2D eigenvalue weighted by Gasteiger charge is -2.14. The Labute approximate surface area is 181 Å². The topological polar surface area (TPSA) is 83.1 Å². The third-order valence-electron chi connectivity index (χ3n) is 4.80. The van der Waals surface area contributed by atoms with Crippen LogP contribution in [0.3, 0.4) is 0 Å². The van der Waals surface area contributed by atoms with Crippen molar-refractivity contribution < 1.29 is 41.1 Å². The highest BCUT2D eigenvalue weighted by molar-refractivity contribution is 6.32. The van der Waals surface area contributed by atoms with Gasteiger partial charge >= 0.3 is 5.97 Å². The predicted octanol–water partition coefficient (Wildman–Crippen LogP) is 5.15. The van der Waals surface area contributed by atoms with Gasteiger partial charge in [0.15, 0.2) is 23.3 Å². The molecule has 6 nitrogen and oxygen atoms in total. The minimum atomic E-state index is -2.36. The van der Waals surface area contributed by atoms with Crippen molar-refractivity contribution in [1.29, 1.82) is 0 Å². The van der Waals surface area contributed by atoms with Crippen LogP contribution in [0, 0.1) is 29.1 Å². The van der Waals surface area contributed by atoms with E-state index >= 15 is 0 Å². The number of furan rings is 1. The number of rotatable bonds is 4. The lowest BCUT2D eigenvalue weighted by atomic mass is 10.1. The maximum atomic E-state index is 14.1. The monoisotopic (exact) mass is 462 g/mol. The molecule has 0 saturated carbocycles. The van der Waals surface area contributed by atoms with Gasteiger partial charge in [0, 0.05) is 5.56 Å². The second-order valence-corrected chi connectivity index (χ2v) is 6.83. The third-order valence-corrected chi connectivity index (χ3v) is 4.80. The smallest absolute Gasteiger partial charge is 0.336 e. The fourth-order valence-electron chi connectivity index (χ4n) is 3.22. The van der Waals surface area contributed by atoms with Crippen LogP contribution in [0.25, 0.3) is 17.4 Å². The predicted molar refractivity (Wildman–Crippen MR) is 106 cm³/mol. The van der Waals surface area contributed by atoms with Gasteiger partial charge in [0.05, 0.1) is 16.8 Å². The molecule has 1 aliphatic rings. The molecule has 1 amide bonds. The number of anilines is 1. The zero-order valence-electron chi connectivity index (χ0n) is 16.5. The Bertz CT molecular complexity index is 1360. The number of hydrogen-bond acceptors (Lipinski definition) is 4. The summed E-state index contributed by atoms with van der Waals surface area (Å²) in [5.74, 6) is -13.3. The molecule has 0 unspecified atom stereocenters. The van der Waals surface area contributed by atoms with Crippen LogP contribution in [-0.4, -0.2) is 22.7 Å². The van der Waals surface area contributed by atoms with Gasteiger partial charge in [-0.25, -0.2) is 26.7 Å². The van der Waals surface area contributed by atoms with E-state index in [9.17, 15) is 36.6 Å². The Morgan fingerprint density at radius 3 is 2.21 bits per heavy atom. The van der Waals surface area contributed by atoms with E-state index in [1.54, 1.807) is 6.07 Å². The van der Waals surface area contributed by atoms with E-state index in [0.717, 1.165) is 6.08 Å². The highest BCUT2D eigenvalue weighted by Gasteiger charge is 2.37. The zero-order chi connectivity index (χ0) is 24.0. The molecular formula is C22H11F5N2O4. The number of carboxylic acids is 1. The van der Waals surface area contributed by atoms with Crippen molar-refractivity contribution in [3.63, 3.8) is 0 Å². The molecule has 33 heavy (non-hydrogen) atoms. The van der Waals surface area contributed by atoms with Gasteiger partial charge in [0.1, 0.15) is 17.2 Å². The summed E-state index contributed by atoms with van der Waals surface area (Å²) in [5, 5.41) is 13.0. The lowest BCUT2D eigenvalue weighted by Crippen LogP contribution is -2.25. The summed E-state index contributed by atoms with van der Waals surface area (Å²) in [6, 6.07) is 8.87. The standard InChI is InChI=1S/C22H11F5N2O4/c1-9-13(8-10-6-7-14(33-10)11-4-2-3-5-12(11)22(31)32)21(30)29(28-9)20-18(26)16(24)15(23)17(25)19(20)27/h2-8H,1H3,(H,31,32)/b13-8+. The molecule has 1 aliphatic heterocycles. The van der Waals surface area contributed by atoms with E-state index in [4.69, 9.17) is 4.42 Å². The highest BCUT2D eigenvalue weighted by Crippen LogP contribution is 2.34. The number of carbonyl (C=O) groups is 2. The number of carbonyl (C=O) groups excluding carboxylic acids is 1. The number of carboxylic acid groups (broad SMARTS) is 1. The quantitative estimate of drug-likeness (QED) is 0.252. The summed E-state index contributed by atoms with van der Waals surface area (Å²) in [7, 11) is 0. The van der Waals surface area contributed by atoms with Crippen LogP contribution in [0.15, 0.2) is 51.5 Å². The van der Waals surface area contributed by atoms with E-state index in [1.807, 2.05) is 0 Å². The van der Waals surface area contributed by atoms with Gasteiger partial charge in [-0.2, -0.15) is 10.1 Å². The highest BCUT2D eigenvalue weighted by atomic mass is 19.2. The third kappa shape index (κ3) is 3.56. The number of benzene rings is 2. The number of halogens is 5. The van der Waals surface area contributed by atoms with Crippen molar-refractivity contribution in [1.82, 2.24) is 0 Å². The minimum Gasteiger partial charge on any atom is -0.478 e. The van der Waals surface area contributed by atoms with Gasteiger partial charge in [-0.3, -0.25) is 4.79 Å². The Morgan fingerprint density at radius 2 is 1.58 bits per heavy atom. The molecule has 3 aromatic rings. The van der Waals surface area contributed by atoms with Crippen molar-refractivity contribution in [2.75, 3.05) is 5.01 Å². The molecular weight excluding hydrogens is 451 g/mol. The normalized spacial score (nSPS) is 14.8. The Balaban J connectivity index is 1.72. The van der Waals surface area contributed by atoms with E-state index in [1.165, 1.54) is 37.3 Å². The first-order valence-electron chi connectivity index (χ1n) is 9.17. The van der Waals surface area contributed by atoms with Crippen LogP contribution in [0.5, 0.6) is 0 Å². The second-order valence-electron chi connectivity index (χ2n) is 6.83. The van der Waals surface area contributed by atoms with Crippen molar-refractivity contribution >= 4 is 29.4 Å². The molecule has 168 valence electrons. The summed E-state index contributed by atoms with van der Waals surface area (Å²) in [5.41, 5.74) is -1.58. The van der Waals surface area contributed by atoms with Gasteiger partial charge in [-0.1, -0.05) is 18.2 Å². The summed E-state index contributed by atoms with van der Waals surface area (Å²) < 4.78 is 74.3. The first-order valence-corrected chi connectivity index (χ1v) is 9.17. The second kappa shape index (κ2) is 8.01. The first kappa shape index (κ1) is 21.9. The molecule has 0 spiro atoms. The molecule has 2 heterocycles. The zero-order valence-corrected chi connectivity index (χ0v) is 16.5. The van der Waals surface area contributed by atoms with Crippen molar-refractivity contribution in [3.8, 4) is 11.3 Å². The van der Waals surface area contributed by atoms with Crippen LogP contribution >= 0.6 is 0 Å². The molecule has 0 fully saturated rings. The summed E-state index contributed by atoms with van der Waals surface area (Å²) in [6.45, 7) is 1.29. The summed E-state index contributed by atoms with van der Waals surface area (Å²) in [4.78, 5) is 24.1. The largest absolute Gasteiger partial charge is 0.478 e. The van der Waals surface area contributed by atoms with Crippen molar-refractivity contribution in [2.24, 2.45) is 5.10 Å². The molecule has 0 saturated heterocycles. The van der Waals surface area contributed by atoms with E-state index in [0.29, 0.717) is 0 Å². The fourth-order valence-corrected chi connectivity index (χ4v) is 3.22. The van der Waals surface area contributed by atoms with Gasteiger partial charge in [-0.15, -0.1) is 0 Å². The van der Waals surface area contributed by atoms with Crippen LogP contribution in [0.2, 0.25) is 0 Å². The molecule has 0 radical (unpaired) electrons. The molecule has 1 N–H and O–H groups in total. The van der Waals surface area contributed by atoms with Crippen LogP contribution in [-0.2, 0) is 4.79 Å². The molecule has 0 atom stereocenters. The first-order chi connectivity index (χ1) is 15.6. The number of aromatic carboxylic acids is 1. The molecule has 2 aromatic carbocycles. The van der Waals surface area contributed by atoms with Crippen molar-refractivity contribution in [2.45, 2.75) is 6.92 Å². The van der Waals surface area contributed by atoms with Crippen molar-refractivity contribution in [3.05, 3.63) is 82.4 Å². The SMILES string of the molecule is CC1=NN(c2c(F)c(F)c(F)c(F)c2F)C(=O)/C1=C/c1ccc(-c2ccccc2C(=O)O)o1. The van der Waals surface area contributed by atoms with E-state index in [2.05, 4.69) is 5.10 Å². The molecule has 4 rings (SSSR count). The fraction of sp³-hybridized carbons (Fsp3) is 0.0455. The molecule has 1 aromatic heterocycles. The maximum absolute atomic E-state index is 14.1. The van der Waals surface area contributed by atoms with E-state index in [-0.39, 0.29) is 38.9 Å². The molecule has 0 aliphatic carbocycles. The van der Waals surface area contributed by atoms with Crippen LogP contribution in [0.4, 0.5) is 27.6 Å². The average molecular weight is 462 g/mol. The lowest BCUT2D eigenvalue weighted by molar-refractivity contribution is -0.114. The van der Waals surface area contributed by atoms with Crippen LogP contribution in [0.1, 0.15) is 23.0 Å². The molecule has 11 heteroatoms. The minimum absolute atomic E-state index is 0.0294. The summed E-state index contributed by atoms with van der Waals surface area (Å²) >= 11 is 0. The number of hydrogen-bond donors (Lipinski definition) is 1. The van der Waals surface area contributed by atoms with Gasteiger partial charge in [0.25, 0.3) is 5.91 Å². The Morgan fingerprint density at radius 1 is 0.970 bits per heavy atom. The number of nitrogens with zero attached hydrogens (tertiary/aromatic N) is 2.